The molecule has 0 aromatic heterocycles. The van der Waals surface area contributed by atoms with Gasteiger partial charge in [0.05, 0.1) is 6.10 Å². The molecule has 0 bridgehead atoms. The molecule has 1 saturated carbocycles. The van der Waals surface area contributed by atoms with Crippen molar-refractivity contribution >= 4 is 18.1 Å². The Morgan fingerprint density at radius 3 is 2.92 bits per heavy atom. The van der Waals surface area contributed by atoms with Crippen molar-refractivity contribution in [2.75, 3.05) is 0 Å². The third-order valence-electron chi connectivity index (χ3n) is 6.30. The molecule has 5 nitrogen and oxygen atoms in total. The molecular formula is C18H22O5S. The lowest BCUT2D eigenvalue weighted by atomic mass is 9.65. The standard InChI is InChI=1S/C18H22O5S/c1-18-9-8-14-13-5-3-12(21-24-23-22-20)10-11(13)2-4-15(14)16(18)6-7-17(18)19/h2,4,12,16,20H,3,5-10H2,1H3/t12-,16?,18?/m0/s1. The van der Waals surface area contributed by atoms with E-state index < -0.39 is 0 Å². The zero-order chi connectivity index (χ0) is 16.7. The molecule has 1 aromatic rings. The molecule has 0 saturated heterocycles. The predicted octanol–water partition coefficient (Wildman–Crippen LogP) is 3.94. The Labute approximate surface area is 145 Å². The largest absolute Gasteiger partial charge is 0.299 e. The van der Waals surface area contributed by atoms with E-state index in [9.17, 15) is 4.79 Å². The highest BCUT2D eigenvalue weighted by molar-refractivity contribution is 7.89. The Balaban J connectivity index is 1.58. The van der Waals surface area contributed by atoms with Crippen LogP contribution in [0.3, 0.4) is 0 Å². The van der Waals surface area contributed by atoms with Gasteiger partial charge in [0.25, 0.3) is 0 Å². The summed E-state index contributed by atoms with van der Waals surface area (Å²) in [6, 6.07) is 4.46. The minimum Gasteiger partial charge on any atom is -0.299 e. The molecule has 0 heterocycles. The first-order valence-corrected chi connectivity index (χ1v) is 9.27. The maximum atomic E-state index is 12.3. The zero-order valence-electron chi connectivity index (χ0n) is 13.7. The van der Waals surface area contributed by atoms with Gasteiger partial charge in [-0.2, -0.15) is 0 Å². The molecule has 3 atom stereocenters. The van der Waals surface area contributed by atoms with Crippen LogP contribution in [0.1, 0.15) is 60.8 Å². The van der Waals surface area contributed by atoms with Crippen molar-refractivity contribution < 1.29 is 23.6 Å². The Morgan fingerprint density at radius 2 is 2.08 bits per heavy atom. The van der Waals surface area contributed by atoms with E-state index in [-0.39, 0.29) is 11.5 Å². The van der Waals surface area contributed by atoms with E-state index in [1.54, 1.807) is 0 Å². The van der Waals surface area contributed by atoms with Crippen molar-refractivity contribution in [3.05, 3.63) is 34.4 Å². The van der Waals surface area contributed by atoms with Crippen LogP contribution < -0.4 is 0 Å². The molecule has 3 aliphatic rings. The number of carbonyl (C=O) groups excluding carboxylic acids is 1. The third-order valence-corrected chi connectivity index (χ3v) is 6.76. The van der Waals surface area contributed by atoms with E-state index in [1.165, 1.54) is 22.3 Å². The molecular weight excluding hydrogens is 328 g/mol. The maximum Gasteiger partial charge on any atom is 0.197 e. The summed E-state index contributed by atoms with van der Waals surface area (Å²) in [6.45, 7) is 2.17. The molecule has 0 aliphatic heterocycles. The van der Waals surface area contributed by atoms with E-state index >= 15 is 0 Å². The average Bonchev–Trinajstić information content (AvgIpc) is 2.90. The van der Waals surface area contributed by atoms with E-state index in [0.29, 0.717) is 24.0 Å². The van der Waals surface area contributed by atoms with Gasteiger partial charge in [0.2, 0.25) is 0 Å². The highest BCUT2D eigenvalue weighted by Gasteiger charge is 2.49. The fourth-order valence-electron chi connectivity index (χ4n) is 4.97. The second-order valence-corrected chi connectivity index (χ2v) is 7.84. The summed E-state index contributed by atoms with van der Waals surface area (Å²) in [5.41, 5.74) is 5.58. The van der Waals surface area contributed by atoms with Gasteiger partial charge in [-0.3, -0.25) is 8.98 Å². The van der Waals surface area contributed by atoms with Crippen LogP contribution in [0.25, 0.3) is 0 Å². The minimum absolute atomic E-state index is 0.0533. The fourth-order valence-corrected chi connectivity index (χ4v) is 5.31. The van der Waals surface area contributed by atoms with Gasteiger partial charge in [-0.1, -0.05) is 24.1 Å². The van der Waals surface area contributed by atoms with Crippen LogP contribution in [0.4, 0.5) is 0 Å². The van der Waals surface area contributed by atoms with Crippen molar-refractivity contribution in [3.8, 4) is 0 Å². The van der Waals surface area contributed by atoms with Gasteiger partial charge in [0.1, 0.15) is 5.78 Å². The highest BCUT2D eigenvalue weighted by Crippen LogP contribution is 2.54. The van der Waals surface area contributed by atoms with Crippen molar-refractivity contribution in [1.82, 2.24) is 0 Å². The van der Waals surface area contributed by atoms with Gasteiger partial charge in [-0.15, -0.1) is 4.33 Å². The molecule has 1 N–H and O–H groups in total. The van der Waals surface area contributed by atoms with E-state index in [4.69, 9.17) is 9.44 Å². The number of rotatable bonds is 4. The van der Waals surface area contributed by atoms with Gasteiger partial charge >= 0.3 is 0 Å². The maximum absolute atomic E-state index is 12.3. The molecule has 6 heteroatoms. The van der Waals surface area contributed by atoms with Gasteiger partial charge in [-0.25, -0.2) is 5.26 Å². The van der Waals surface area contributed by atoms with Crippen molar-refractivity contribution in [2.24, 2.45) is 5.41 Å². The number of benzene rings is 1. The van der Waals surface area contributed by atoms with Gasteiger partial charge in [0, 0.05) is 18.3 Å². The molecule has 24 heavy (non-hydrogen) atoms. The molecule has 0 radical (unpaired) electrons. The summed E-state index contributed by atoms with van der Waals surface area (Å²) in [6.07, 6.45) is 6.53. The predicted molar refractivity (Wildman–Crippen MR) is 89.1 cm³/mol. The summed E-state index contributed by atoms with van der Waals surface area (Å²) >= 11 is 0.666. The molecule has 2 unspecified atom stereocenters. The lowest BCUT2D eigenvalue weighted by molar-refractivity contribution is -0.434. The van der Waals surface area contributed by atoms with Gasteiger partial charge in [0.15, 0.2) is 12.3 Å². The molecule has 0 amide bonds. The van der Waals surface area contributed by atoms with Crippen LogP contribution in [-0.4, -0.2) is 17.1 Å². The molecule has 1 aromatic carbocycles. The Kier molecular flexibility index (Phi) is 4.43. The summed E-state index contributed by atoms with van der Waals surface area (Å²) < 4.78 is 9.79. The average molecular weight is 350 g/mol. The first-order valence-electron chi connectivity index (χ1n) is 8.60. The van der Waals surface area contributed by atoms with Crippen LogP contribution in [0.2, 0.25) is 0 Å². The van der Waals surface area contributed by atoms with Crippen molar-refractivity contribution in [1.29, 1.82) is 0 Å². The first-order chi connectivity index (χ1) is 11.6. The van der Waals surface area contributed by atoms with Gasteiger partial charge < -0.3 is 0 Å². The molecule has 3 aliphatic carbocycles. The van der Waals surface area contributed by atoms with Crippen LogP contribution in [0.5, 0.6) is 0 Å². The summed E-state index contributed by atoms with van der Waals surface area (Å²) in [5, 5.41) is 11.7. The third kappa shape index (κ3) is 2.61. The Hall–Kier alpha value is -0.920. The molecule has 130 valence electrons. The minimum atomic E-state index is -0.139. The summed E-state index contributed by atoms with van der Waals surface area (Å²) in [7, 11) is 0. The van der Waals surface area contributed by atoms with Crippen LogP contribution in [0, 0.1) is 5.41 Å². The number of fused-ring (bicyclic) bond motifs is 5. The number of Topliss-reactive ketones (excluding diaryl/α,β-unsaturated/α-hetero) is 1. The lowest BCUT2D eigenvalue weighted by Crippen LogP contribution is -2.33. The smallest absolute Gasteiger partial charge is 0.197 e. The van der Waals surface area contributed by atoms with Crippen LogP contribution >= 0.6 is 12.3 Å². The summed E-state index contributed by atoms with van der Waals surface area (Å²) in [4.78, 5) is 12.3. The van der Waals surface area contributed by atoms with Gasteiger partial charge in [-0.05, 0) is 60.3 Å². The highest BCUT2D eigenvalue weighted by atomic mass is 32.2. The Morgan fingerprint density at radius 1 is 1.21 bits per heavy atom. The van der Waals surface area contributed by atoms with Crippen LogP contribution in [-0.2, 0) is 37.6 Å². The van der Waals surface area contributed by atoms with Crippen molar-refractivity contribution in [3.63, 3.8) is 0 Å². The fraction of sp³-hybridized carbons (Fsp3) is 0.611. The molecule has 0 spiro atoms. The second kappa shape index (κ2) is 6.42. The Bertz CT molecular complexity index is 661. The van der Waals surface area contributed by atoms with E-state index in [0.717, 1.165) is 44.9 Å². The summed E-state index contributed by atoms with van der Waals surface area (Å²) in [5.74, 6) is 0.853. The topological polar surface area (TPSA) is 65.0 Å². The lowest BCUT2D eigenvalue weighted by Gasteiger charge is -2.39. The molecule has 1 fully saturated rings. The monoisotopic (exact) mass is 350 g/mol. The normalized spacial score (nSPS) is 31.5. The number of hydrogen-bond acceptors (Lipinski definition) is 6. The van der Waals surface area contributed by atoms with Crippen molar-refractivity contribution in [2.45, 2.75) is 63.9 Å². The molecule has 4 rings (SSSR count). The number of hydrogen-bond donors (Lipinski definition) is 1. The number of ketones is 1. The number of carbonyl (C=O) groups is 1. The quantitative estimate of drug-likeness (QED) is 0.384. The first kappa shape index (κ1) is 16.5. The zero-order valence-corrected chi connectivity index (χ0v) is 14.6. The van der Waals surface area contributed by atoms with E-state index in [2.05, 4.69) is 28.4 Å². The second-order valence-electron chi connectivity index (χ2n) is 7.37. The van der Waals surface area contributed by atoms with E-state index in [1.807, 2.05) is 0 Å². The van der Waals surface area contributed by atoms with Crippen LogP contribution in [0.15, 0.2) is 12.1 Å². The SMILES string of the molecule is CC12CCc3c(ccc4c3CC[C@H](OSOOO)C4)C1CCC2=O.